The van der Waals surface area contributed by atoms with Gasteiger partial charge in [-0.1, -0.05) is 0 Å². The van der Waals surface area contributed by atoms with Crippen LogP contribution in [0.3, 0.4) is 0 Å². The lowest BCUT2D eigenvalue weighted by atomic mass is 10.2. The van der Waals surface area contributed by atoms with Crippen LogP contribution in [0.25, 0.3) is 0 Å². The Labute approximate surface area is 112 Å². The number of carbonyl (C=O) groups is 2. The summed E-state index contributed by atoms with van der Waals surface area (Å²) < 4.78 is 10.1. The number of anilines is 1. The molecular formula is C14H19NO4. The van der Waals surface area contributed by atoms with Gasteiger partial charge in [0.2, 0.25) is 0 Å². The normalized spacial score (nSPS) is 10.7. The van der Waals surface area contributed by atoms with Crippen LogP contribution >= 0.6 is 0 Å². The first kappa shape index (κ1) is 15.0. The van der Waals surface area contributed by atoms with E-state index in [1.165, 1.54) is 0 Å². The lowest BCUT2D eigenvalue weighted by molar-refractivity contribution is -0.158. The van der Waals surface area contributed by atoms with E-state index in [4.69, 9.17) is 9.47 Å². The van der Waals surface area contributed by atoms with E-state index >= 15 is 0 Å². The third kappa shape index (κ3) is 5.90. The molecule has 0 atom stereocenters. The van der Waals surface area contributed by atoms with E-state index < -0.39 is 24.0 Å². The molecule has 0 aliphatic carbocycles. The average molecular weight is 265 g/mol. The zero-order valence-electron chi connectivity index (χ0n) is 11.6. The Morgan fingerprint density at radius 2 is 1.68 bits per heavy atom. The molecule has 0 aliphatic heterocycles. The maximum atomic E-state index is 11.5. The predicted octanol–water partition coefficient (Wildman–Crippen LogP) is 2.37. The van der Waals surface area contributed by atoms with E-state index in [9.17, 15) is 9.59 Å². The molecule has 0 amide bonds. The van der Waals surface area contributed by atoms with E-state index in [0.29, 0.717) is 5.75 Å². The van der Waals surface area contributed by atoms with Crippen LogP contribution in [-0.4, -0.2) is 24.6 Å². The molecule has 5 nitrogen and oxygen atoms in total. The topological polar surface area (TPSA) is 64.6 Å². The van der Waals surface area contributed by atoms with Crippen molar-refractivity contribution in [2.75, 3.05) is 12.4 Å². The highest BCUT2D eigenvalue weighted by Gasteiger charge is 2.19. The minimum absolute atomic E-state index is 0.396. The number of carbonyl (C=O) groups excluding carboxylic acids is 2. The minimum atomic E-state index is -0.633. The van der Waals surface area contributed by atoms with Gasteiger partial charge in [0.1, 0.15) is 17.8 Å². The summed E-state index contributed by atoms with van der Waals surface area (Å²) >= 11 is 0. The standard InChI is InChI=1S/C14H19NO4/c1-14(2,3)19-13(17)9-12(16)18-11-7-5-10(15-4)6-8-11/h5-8,15H,9H2,1-4H3. The van der Waals surface area contributed by atoms with Gasteiger partial charge in [0.25, 0.3) is 0 Å². The van der Waals surface area contributed by atoms with E-state index in [1.54, 1.807) is 52.1 Å². The predicted molar refractivity (Wildman–Crippen MR) is 72.1 cm³/mol. The molecule has 1 aromatic carbocycles. The van der Waals surface area contributed by atoms with Crippen molar-refractivity contribution in [3.63, 3.8) is 0 Å². The number of esters is 2. The molecular weight excluding hydrogens is 246 g/mol. The summed E-state index contributed by atoms with van der Waals surface area (Å²) in [6.45, 7) is 5.23. The van der Waals surface area contributed by atoms with Crippen molar-refractivity contribution in [2.45, 2.75) is 32.8 Å². The molecule has 0 bridgehead atoms. The third-order valence-electron chi connectivity index (χ3n) is 2.08. The van der Waals surface area contributed by atoms with Gasteiger partial charge in [0, 0.05) is 12.7 Å². The highest BCUT2D eigenvalue weighted by atomic mass is 16.6. The summed E-state index contributed by atoms with van der Waals surface area (Å²) in [5.74, 6) is -0.830. The lowest BCUT2D eigenvalue weighted by Crippen LogP contribution is -2.26. The van der Waals surface area contributed by atoms with E-state index in [1.807, 2.05) is 0 Å². The van der Waals surface area contributed by atoms with Crippen LogP contribution < -0.4 is 10.1 Å². The Kier molecular flexibility index (Phi) is 4.92. The fourth-order valence-electron chi connectivity index (χ4n) is 1.35. The van der Waals surface area contributed by atoms with Gasteiger partial charge in [-0.15, -0.1) is 0 Å². The number of rotatable bonds is 4. The molecule has 0 heterocycles. The van der Waals surface area contributed by atoms with Crippen molar-refractivity contribution in [1.82, 2.24) is 0 Å². The first-order valence-electron chi connectivity index (χ1n) is 6.00. The Hall–Kier alpha value is -2.04. The summed E-state index contributed by atoms with van der Waals surface area (Å²) in [7, 11) is 1.80. The van der Waals surface area contributed by atoms with Gasteiger partial charge in [-0.25, -0.2) is 0 Å². The molecule has 0 saturated carbocycles. The largest absolute Gasteiger partial charge is 0.460 e. The number of hydrogen-bond donors (Lipinski definition) is 1. The smallest absolute Gasteiger partial charge is 0.322 e. The molecule has 0 saturated heterocycles. The van der Waals surface area contributed by atoms with Crippen molar-refractivity contribution in [3.05, 3.63) is 24.3 Å². The van der Waals surface area contributed by atoms with Crippen molar-refractivity contribution < 1.29 is 19.1 Å². The Bertz CT molecular complexity index is 446. The van der Waals surface area contributed by atoms with Gasteiger partial charge in [-0.2, -0.15) is 0 Å². The van der Waals surface area contributed by atoms with Gasteiger partial charge in [-0.3, -0.25) is 9.59 Å². The van der Waals surface area contributed by atoms with Gasteiger partial charge in [0.15, 0.2) is 0 Å². The van der Waals surface area contributed by atoms with E-state index in [-0.39, 0.29) is 0 Å². The van der Waals surface area contributed by atoms with Crippen LogP contribution in [0.2, 0.25) is 0 Å². The fourth-order valence-corrected chi connectivity index (χ4v) is 1.35. The first-order valence-corrected chi connectivity index (χ1v) is 6.00. The molecule has 104 valence electrons. The SMILES string of the molecule is CNc1ccc(OC(=O)CC(=O)OC(C)(C)C)cc1. The van der Waals surface area contributed by atoms with Gasteiger partial charge in [-0.05, 0) is 45.0 Å². The minimum Gasteiger partial charge on any atom is -0.460 e. The molecule has 0 aliphatic rings. The summed E-state index contributed by atoms with van der Waals surface area (Å²) in [6, 6.07) is 6.85. The van der Waals surface area contributed by atoms with Crippen molar-refractivity contribution in [1.29, 1.82) is 0 Å². The van der Waals surface area contributed by atoms with Crippen LogP contribution in [0, 0.1) is 0 Å². The van der Waals surface area contributed by atoms with Gasteiger partial charge < -0.3 is 14.8 Å². The second-order valence-corrected chi connectivity index (χ2v) is 5.01. The van der Waals surface area contributed by atoms with E-state index in [2.05, 4.69) is 5.32 Å². The molecule has 1 N–H and O–H groups in total. The zero-order valence-corrected chi connectivity index (χ0v) is 11.6. The van der Waals surface area contributed by atoms with Crippen LogP contribution in [0.5, 0.6) is 5.75 Å². The summed E-state index contributed by atoms with van der Waals surface area (Å²) in [5.41, 5.74) is 0.304. The molecule has 0 fully saturated rings. The molecule has 0 unspecified atom stereocenters. The van der Waals surface area contributed by atoms with Crippen molar-refractivity contribution >= 4 is 17.6 Å². The summed E-state index contributed by atoms with van der Waals surface area (Å²) in [6.07, 6.45) is -0.398. The van der Waals surface area contributed by atoms with E-state index in [0.717, 1.165) is 5.69 Å². The maximum absolute atomic E-state index is 11.5. The molecule has 0 radical (unpaired) electrons. The summed E-state index contributed by atoms with van der Waals surface area (Å²) in [5, 5.41) is 2.95. The number of hydrogen-bond acceptors (Lipinski definition) is 5. The van der Waals surface area contributed by atoms with Crippen LogP contribution in [0.1, 0.15) is 27.2 Å². The Balaban J connectivity index is 2.48. The monoisotopic (exact) mass is 265 g/mol. The van der Waals surface area contributed by atoms with Crippen molar-refractivity contribution in [2.24, 2.45) is 0 Å². The van der Waals surface area contributed by atoms with Crippen molar-refractivity contribution in [3.8, 4) is 5.75 Å². The summed E-state index contributed by atoms with van der Waals surface area (Å²) in [4.78, 5) is 23.0. The Morgan fingerprint density at radius 1 is 1.11 bits per heavy atom. The van der Waals surface area contributed by atoms with Gasteiger partial charge in [0.05, 0.1) is 0 Å². The maximum Gasteiger partial charge on any atom is 0.322 e. The highest BCUT2D eigenvalue weighted by molar-refractivity contribution is 5.92. The molecule has 1 aromatic rings. The quantitative estimate of drug-likeness (QED) is 0.514. The van der Waals surface area contributed by atoms with Crippen LogP contribution in [0.15, 0.2) is 24.3 Å². The second-order valence-electron chi connectivity index (χ2n) is 5.01. The van der Waals surface area contributed by atoms with Gasteiger partial charge >= 0.3 is 11.9 Å². The lowest BCUT2D eigenvalue weighted by Gasteiger charge is -2.19. The first-order chi connectivity index (χ1) is 8.80. The molecule has 19 heavy (non-hydrogen) atoms. The Morgan fingerprint density at radius 3 is 2.16 bits per heavy atom. The zero-order chi connectivity index (χ0) is 14.5. The highest BCUT2D eigenvalue weighted by Crippen LogP contribution is 2.16. The van der Waals surface area contributed by atoms with Crippen LogP contribution in [-0.2, 0) is 14.3 Å². The molecule has 0 aromatic heterocycles. The third-order valence-corrected chi connectivity index (χ3v) is 2.08. The molecule has 0 spiro atoms. The number of nitrogens with one attached hydrogen (secondary N) is 1. The molecule has 5 heteroatoms. The molecule has 1 rings (SSSR count). The second kappa shape index (κ2) is 6.22. The fraction of sp³-hybridized carbons (Fsp3) is 0.429. The number of ether oxygens (including phenoxy) is 2. The van der Waals surface area contributed by atoms with Crippen LogP contribution in [0.4, 0.5) is 5.69 Å². The number of benzene rings is 1. The average Bonchev–Trinajstić information content (AvgIpc) is 2.27.